The molecule has 10 aromatic rings. The van der Waals surface area contributed by atoms with Crippen LogP contribution in [0, 0.1) is 0 Å². The van der Waals surface area contributed by atoms with E-state index in [2.05, 4.69) is 53.1 Å². The van der Waals surface area contributed by atoms with Gasteiger partial charge in [0.1, 0.15) is 22.5 Å². The maximum Gasteiger partial charge on any atom is 0.242 e. The van der Waals surface area contributed by atoms with Crippen molar-refractivity contribution in [2.24, 2.45) is 0 Å². The third kappa shape index (κ3) is 3.39. The van der Waals surface area contributed by atoms with Crippen molar-refractivity contribution in [3.05, 3.63) is 128 Å². The second-order valence-electron chi connectivity index (χ2n) is 11.0. The van der Waals surface area contributed by atoms with Crippen LogP contribution in [-0.4, -0.2) is 34.1 Å². The van der Waals surface area contributed by atoms with Crippen LogP contribution in [0.2, 0.25) is 0 Å². The molecule has 0 aliphatic carbocycles. The van der Waals surface area contributed by atoms with E-state index in [0.717, 1.165) is 71.4 Å². The van der Waals surface area contributed by atoms with E-state index in [1.165, 1.54) is 0 Å². The zero-order valence-corrected chi connectivity index (χ0v) is 23.7. The fourth-order valence-electron chi connectivity index (χ4n) is 6.60. The molecule has 0 radical (unpaired) electrons. The maximum absolute atomic E-state index is 6.44. The zero-order chi connectivity index (χ0) is 29.5. The number of aromatic nitrogens is 7. The molecule has 6 heterocycles. The Bertz CT molecular complexity index is 2550. The molecule has 210 valence electrons. The van der Waals surface area contributed by atoms with Gasteiger partial charge in [-0.1, -0.05) is 66.7 Å². The van der Waals surface area contributed by atoms with Crippen LogP contribution in [0.5, 0.6) is 0 Å². The molecule has 45 heavy (non-hydrogen) atoms. The highest BCUT2D eigenvalue weighted by atomic mass is 16.3. The predicted molar refractivity (Wildman–Crippen MR) is 177 cm³/mol. The summed E-state index contributed by atoms with van der Waals surface area (Å²) in [5, 5.41) is 6.24. The molecule has 0 amide bonds. The molecule has 0 atom stereocenters. The molecular formula is C37H21N7O. The van der Waals surface area contributed by atoms with Gasteiger partial charge in [-0.3, -0.25) is 4.57 Å². The number of furan rings is 1. The first-order chi connectivity index (χ1) is 22.3. The highest BCUT2D eigenvalue weighted by Crippen LogP contribution is 2.37. The molecule has 0 unspecified atom stereocenters. The standard InChI is InChI=1S/C37H21N7O/c1-4-17-29-22(10-1)23-11-2-5-18-30(23)43(29)36-40-33(28-14-7-13-25-24-12-3-6-19-31(24)45-32(25)28)41-37(42-36)44-34-26(15-8-20-38-34)27-16-9-21-39-35(27)44/h1-21H. The highest BCUT2D eigenvalue weighted by Gasteiger charge is 2.22. The minimum absolute atomic E-state index is 0.419. The average molecular weight is 580 g/mol. The molecule has 4 aromatic carbocycles. The van der Waals surface area contributed by atoms with Gasteiger partial charge in [-0.25, -0.2) is 14.5 Å². The second kappa shape index (κ2) is 9.05. The van der Waals surface area contributed by atoms with Crippen molar-refractivity contribution in [2.45, 2.75) is 0 Å². The topological polar surface area (TPSA) is 87.5 Å². The van der Waals surface area contributed by atoms with Gasteiger partial charge in [0.2, 0.25) is 11.9 Å². The lowest BCUT2D eigenvalue weighted by Crippen LogP contribution is -2.11. The van der Waals surface area contributed by atoms with Crippen LogP contribution in [0.1, 0.15) is 0 Å². The third-order valence-corrected chi connectivity index (χ3v) is 8.52. The minimum Gasteiger partial charge on any atom is -0.455 e. The number of pyridine rings is 2. The minimum atomic E-state index is 0.419. The van der Waals surface area contributed by atoms with Crippen LogP contribution in [0.15, 0.2) is 132 Å². The lowest BCUT2D eigenvalue weighted by Gasteiger charge is -2.12. The van der Waals surface area contributed by atoms with E-state index in [-0.39, 0.29) is 0 Å². The number of hydrogen-bond donors (Lipinski definition) is 0. The number of hydrogen-bond acceptors (Lipinski definition) is 6. The van der Waals surface area contributed by atoms with Crippen molar-refractivity contribution in [3.63, 3.8) is 0 Å². The summed E-state index contributed by atoms with van der Waals surface area (Å²) in [5.74, 6) is 1.40. The molecule has 0 saturated heterocycles. The summed E-state index contributed by atoms with van der Waals surface area (Å²) in [4.78, 5) is 25.0. The molecule has 10 rings (SSSR count). The molecule has 0 N–H and O–H groups in total. The van der Waals surface area contributed by atoms with Gasteiger partial charge < -0.3 is 4.42 Å². The quantitative estimate of drug-likeness (QED) is 0.209. The highest BCUT2D eigenvalue weighted by molar-refractivity contribution is 6.10. The van der Waals surface area contributed by atoms with E-state index in [1.807, 2.05) is 71.3 Å². The van der Waals surface area contributed by atoms with Crippen LogP contribution >= 0.6 is 0 Å². The Hall–Kier alpha value is -6.41. The Labute approximate surface area is 254 Å². The van der Waals surface area contributed by atoms with Gasteiger partial charge in [0.05, 0.1) is 16.6 Å². The van der Waals surface area contributed by atoms with Gasteiger partial charge in [0, 0.05) is 44.7 Å². The predicted octanol–water partition coefficient (Wildman–Crippen LogP) is 8.42. The molecule has 8 nitrogen and oxygen atoms in total. The van der Waals surface area contributed by atoms with E-state index < -0.39 is 0 Å². The summed E-state index contributed by atoms with van der Waals surface area (Å²) in [6.07, 6.45) is 3.56. The molecular weight excluding hydrogens is 558 g/mol. The SMILES string of the molecule is c1ccc2c(c1)oc1c(-c3nc(-n4c5ccccc5c5ccccc54)nc(-n4c5ncccc5c5cccnc54)n3)cccc12. The third-order valence-electron chi connectivity index (χ3n) is 8.52. The Morgan fingerprint density at radius 3 is 1.69 bits per heavy atom. The van der Waals surface area contributed by atoms with Crippen molar-refractivity contribution in [1.82, 2.24) is 34.1 Å². The molecule has 0 aliphatic heterocycles. The Morgan fingerprint density at radius 1 is 0.444 bits per heavy atom. The van der Waals surface area contributed by atoms with Gasteiger partial charge in [0.15, 0.2) is 5.82 Å². The number of para-hydroxylation sites is 4. The van der Waals surface area contributed by atoms with E-state index in [4.69, 9.17) is 29.3 Å². The maximum atomic E-state index is 6.44. The van der Waals surface area contributed by atoms with Crippen LogP contribution < -0.4 is 0 Å². The van der Waals surface area contributed by atoms with Gasteiger partial charge in [-0.05, 0) is 48.5 Å². The Balaban J connectivity index is 1.35. The Kier molecular flexibility index (Phi) is 4.84. The number of rotatable bonds is 3. The first-order valence-corrected chi connectivity index (χ1v) is 14.7. The largest absolute Gasteiger partial charge is 0.455 e. The zero-order valence-electron chi connectivity index (χ0n) is 23.7. The van der Waals surface area contributed by atoms with Crippen molar-refractivity contribution in [1.29, 1.82) is 0 Å². The summed E-state index contributed by atoms with van der Waals surface area (Å²) in [5.41, 5.74) is 5.76. The molecule has 0 fully saturated rings. The van der Waals surface area contributed by atoms with Crippen molar-refractivity contribution in [3.8, 4) is 23.3 Å². The van der Waals surface area contributed by atoms with Gasteiger partial charge in [-0.15, -0.1) is 0 Å². The monoisotopic (exact) mass is 579 g/mol. The summed E-state index contributed by atoms with van der Waals surface area (Å²) in [6, 6.07) is 38.8. The lowest BCUT2D eigenvalue weighted by atomic mass is 10.1. The molecule has 8 heteroatoms. The van der Waals surface area contributed by atoms with Crippen LogP contribution in [-0.2, 0) is 0 Å². The smallest absolute Gasteiger partial charge is 0.242 e. The van der Waals surface area contributed by atoms with E-state index in [1.54, 1.807) is 12.4 Å². The first-order valence-electron chi connectivity index (χ1n) is 14.7. The van der Waals surface area contributed by atoms with Crippen LogP contribution in [0.4, 0.5) is 0 Å². The number of benzene rings is 4. The summed E-state index contributed by atoms with van der Waals surface area (Å²) in [6.45, 7) is 0. The van der Waals surface area contributed by atoms with Crippen molar-refractivity contribution >= 4 is 65.8 Å². The normalized spacial score (nSPS) is 12.0. The summed E-state index contributed by atoms with van der Waals surface area (Å²) < 4.78 is 10.5. The molecule has 6 aromatic heterocycles. The summed E-state index contributed by atoms with van der Waals surface area (Å²) in [7, 11) is 0. The van der Waals surface area contributed by atoms with Gasteiger partial charge in [-0.2, -0.15) is 15.0 Å². The fourth-order valence-corrected chi connectivity index (χ4v) is 6.60. The molecule has 0 bridgehead atoms. The molecule has 0 aliphatic rings. The van der Waals surface area contributed by atoms with E-state index >= 15 is 0 Å². The van der Waals surface area contributed by atoms with Crippen LogP contribution in [0.25, 0.3) is 89.1 Å². The molecule has 0 saturated carbocycles. The second-order valence-corrected chi connectivity index (χ2v) is 11.0. The number of fused-ring (bicyclic) bond motifs is 9. The van der Waals surface area contributed by atoms with Crippen LogP contribution in [0.3, 0.4) is 0 Å². The first kappa shape index (κ1) is 24.1. The van der Waals surface area contributed by atoms with Crippen molar-refractivity contribution < 1.29 is 4.42 Å². The Morgan fingerprint density at radius 2 is 1.00 bits per heavy atom. The van der Waals surface area contributed by atoms with Crippen molar-refractivity contribution in [2.75, 3.05) is 0 Å². The van der Waals surface area contributed by atoms with Gasteiger partial charge >= 0.3 is 0 Å². The fraction of sp³-hybridized carbons (Fsp3) is 0. The summed E-state index contributed by atoms with van der Waals surface area (Å²) >= 11 is 0. The van der Waals surface area contributed by atoms with Gasteiger partial charge in [0.25, 0.3) is 0 Å². The lowest BCUT2D eigenvalue weighted by molar-refractivity contribution is 0.669. The average Bonchev–Trinajstić information content (AvgIpc) is 3.76. The van der Waals surface area contributed by atoms with E-state index in [9.17, 15) is 0 Å². The molecule has 0 spiro atoms. The number of nitrogens with zero attached hydrogens (tertiary/aromatic N) is 7. The van der Waals surface area contributed by atoms with E-state index in [0.29, 0.717) is 17.7 Å².